The lowest BCUT2D eigenvalue weighted by atomic mass is 10.2. The zero-order chi connectivity index (χ0) is 14.9. The summed E-state index contributed by atoms with van der Waals surface area (Å²) in [6.45, 7) is 6.99. The number of nitrogens with zero attached hydrogens (tertiary/aromatic N) is 4. The van der Waals surface area contributed by atoms with E-state index < -0.39 is 11.8 Å². The third kappa shape index (κ3) is 2.66. The molecule has 2 aromatic heterocycles. The number of aryl methyl sites for hydroxylation is 1. The second-order valence-corrected chi connectivity index (χ2v) is 4.60. The van der Waals surface area contributed by atoms with Gasteiger partial charge in [0.05, 0.1) is 18.1 Å². The van der Waals surface area contributed by atoms with Gasteiger partial charge in [-0.3, -0.25) is 4.79 Å². The van der Waals surface area contributed by atoms with E-state index in [2.05, 4.69) is 15.0 Å². The van der Waals surface area contributed by atoms with E-state index in [9.17, 15) is 9.18 Å². The summed E-state index contributed by atoms with van der Waals surface area (Å²) in [4.78, 5) is 22.7. The molecule has 2 heterocycles. The van der Waals surface area contributed by atoms with Gasteiger partial charge in [-0.25, -0.2) is 14.4 Å². The third-order valence-electron chi connectivity index (χ3n) is 2.70. The number of carbonyl (C=O) groups is 1. The van der Waals surface area contributed by atoms with E-state index in [0.717, 1.165) is 12.0 Å². The number of carbonyl (C=O) groups excluding carboxylic acids is 1. The van der Waals surface area contributed by atoms with Crippen LogP contribution in [0.3, 0.4) is 0 Å². The summed E-state index contributed by atoms with van der Waals surface area (Å²) in [5.41, 5.74) is 0.580. The number of imidazole rings is 1. The van der Waals surface area contributed by atoms with Crippen molar-refractivity contribution in [2.45, 2.75) is 33.7 Å². The van der Waals surface area contributed by atoms with E-state index in [1.54, 1.807) is 0 Å². The molecule has 0 aliphatic carbocycles. The molecule has 0 N–H and O–H groups in total. The van der Waals surface area contributed by atoms with Gasteiger partial charge in [-0.2, -0.15) is 4.98 Å². The summed E-state index contributed by atoms with van der Waals surface area (Å²) in [6, 6.07) is -0.0814. The molecule has 2 rings (SSSR count). The van der Waals surface area contributed by atoms with Crippen LogP contribution in [0.2, 0.25) is 0 Å². The number of rotatable bonds is 3. The van der Waals surface area contributed by atoms with Crippen LogP contribution in [0, 0.1) is 12.7 Å². The van der Waals surface area contributed by atoms with Gasteiger partial charge in [-0.1, -0.05) is 0 Å². The van der Waals surface area contributed by atoms with Gasteiger partial charge >= 0.3 is 12.0 Å². The summed E-state index contributed by atoms with van der Waals surface area (Å²) in [5, 5.41) is 0. The Hall–Kier alpha value is -2.31. The van der Waals surface area contributed by atoms with Crippen molar-refractivity contribution in [3.63, 3.8) is 0 Å². The monoisotopic (exact) mass is 278 g/mol. The molecule has 0 saturated heterocycles. The lowest BCUT2D eigenvalue weighted by Gasteiger charge is -2.14. The Bertz CT molecular complexity index is 652. The molecule has 0 spiro atoms. The fourth-order valence-electron chi connectivity index (χ4n) is 1.99. The summed E-state index contributed by atoms with van der Waals surface area (Å²) >= 11 is 0. The minimum Gasteiger partial charge on any atom is -0.391 e. The van der Waals surface area contributed by atoms with E-state index in [1.807, 2.05) is 25.3 Å². The highest BCUT2D eigenvalue weighted by Crippen LogP contribution is 2.26. The van der Waals surface area contributed by atoms with Gasteiger partial charge in [-0.05, 0) is 20.8 Å². The Balaban J connectivity index is 2.54. The normalized spacial score (nSPS) is 10.9. The number of halogens is 1. The lowest BCUT2D eigenvalue weighted by molar-refractivity contribution is -0.132. The van der Waals surface area contributed by atoms with Crippen LogP contribution in [0.15, 0.2) is 12.4 Å². The Labute approximate surface area is 115 Å². The molecule has 0 amide bonds. The van der Waals surface area contributed by atoms with Crippen LogP contribution in [0.25, 0.3) is 11.4 Å². The summed E-state index contributed by atoms with van der Waals surface area (Å²) in [6.07, 6.45) is 2.52. The van der Waals surface area contributed by atoms with Gasteiger partial charge in [0, 0.05) is 13.0 Å². The van der Waals surface area contributed by atoms with Crippen LogP contribution in [0.1, 0.15) is 32.6 Å². The predicted octanol–water partition coefficient (Wildman–Crippen LogP) is 2.29. The summed E-state index contributed by atoms with van der Waals surface area (Å²) in [5.74, 6) is -0.402. The van der Waals surface area contributed by atoms with E-state index in [-0.39, 0.29) is 17.7 Å². The smallest absolute Gasteiger partial charge is 0.325 e. The molecule has 0 unspecified atom stereocenters. The minimum absolute atomic E-state index is 0.0607. The molecule has 0 saturated carbocycles. The second kappa shape index (κ2) is 5.36. The molecule has 0 bridgehead atoms. The number of hydrogen-bond donors (Lipinski definition) is 0. The van der Waals surface area contributed by atoms with E-state index in [0.29, 0.717) is 5.69 Å². The van der Waals surface area contributed by atoms with Crippen molar-refractivity contribution in [1.82, 2.24) is 19.5 Å². The predicted molar refractivity (Wildman–Crippen MR) is 69.6 cm³/mol. The highest BCUT2D eigenvalue weighted by molar-refractivity contribution is 5.68. The molecule has 7 heteroatoms. The fraction of sp³-hybridized carbons (Fsp3) is 0.385. The molecule has 0 aliphatic rings. The van der Waals surface area contributed by atoms with E-state index in [4.69, 9.17) is 4.74 Å². The quantitative estimate of drug-likeness (QED) is 0.806. The Morgan fingerprint density at radius 2 is 2.05 bits per heavy atom. The largest absolute Gasteiger partial charge is 0.391 e. The average Bonchev–Trinajstić information content (AvgIpc) is 2.73. The molecular weight excluding hydrogens is 263 g/mol. The number of ether oxygens (including phenoxy) is 1. The first-order chi connectivity index (χ1) is 9.40. The van der Waals surface area contributed by atoms with E-state index >= 15 is 0 Å². The number of hydrogen-bond acceptors (Lipinski definition) is 5. The van der Waals surface area contributed by atoms with Gasteiger partial charge < -0.3 is 9.30 Å². The molecule has 0 aliphatic heterocycles. The summed E-state index contributed by atoms with van der Waals surface area (Å²) < 4.78 is 20.6. The Morgan fingerprint density at radius 1 is 1.35 bits per heavy atom. The van der Waals surface area contributed by atoms with Crippen LogP contribution in [-0.2, 0) is 4.79 Å². The second-order valence-electron chi connectivity index (χ2n) is 4.60. The van der Waals surface area contributed by atoms with Gasteiger partial charge in [0.25, 0.3) is 0 Å². The highest BCUT2D eigenvalue weighted by atomic mass is 19.1. The maximum atomic E-state index is 13.9. The first-order valence-corrected chi connectivity index (χ1v) is 6.15. The van der Waals surface area contributed by atoms with Crippen molar-refractivity contribution >= 4 is 5.97 Å². The molecule has 6 nitrogen and oxygen atoms in total. The van der Waals surface area contributed by atoms with Gasteiger partial charge in [0.15, 0.2) is 5.82 Å². The molecule has 0 atom stereocenters. The maximum absolute atomic E-state index is 13.9. The van der Waals surface area contributed by atoms with Gasteiger partial charge in [-0.15, -0.1) is 0 Å². The number of esters is 1. The maximum Gasteiger partial charge on any atom is 0.325 e. The van der Waals surface area contributed by atoms with Crippen molar-refractivity contribution in [2.75, 3.05) is 0 Å². The molecule has 106 valence electrons. The van der Waals surface area contributed by atoms with Crippen molar-refractivity contribution in [3.05, 3.63) is 24.0 Å². The van der Waals surface area contributed by atoms with Crippen molar-refractivity contribution in [2.24, 2.45) is 0 Å². The topological polar surface area (TPSA) is 69.9 Å². The van der Waals surface area contributed by atoms with Crippen molar-refractivity contribution in [1.29, 1.82) is 0 Å². The summed E-state index contributed by atoms with van der Waals surface area (Å²) in [7, 11) is 0. The molecule has 0 aromatic carbocycles. The fourth-order valence-corrected chi connectivity index (χ4v) is 1.99. The first-order valence-electron chi connectivity index (χ1n) is 6.15. The first kappa shape index (κ1) is 14.1. The van der Waals surface area contributed by atoms with Crippen molar-refractivity contribution < 1.29 is 13.9 Å². The number of aromatic nitrogens is 4. The molecule has 20 heavy (non-hydrogen) atoms. The zero-order valence-electron chi connectivity index (χ0n) is 11.7. The minimum atomic E-state index is -0.595. The van der Waals surface area contributed by atoms with Gasteiger partial charge in [0.2, 0.25) is 0 Å². The Kier molecular flexibility index (Phi) is 3.78. The van der Waals surface area contributed by atoms with Gasteiger partial charge in [0.1, 0.15) is 11.5 Å². The standard InChI is InChI=1S/C13H15FN4O2/c1-7(2)18-8(3)15-6-11(18)12-10(14)5-16-13(17-12)20-9(4)19/h5-7H,1-4H3. The van der Waals surface area contributed by atoms with Crippen LogP contribution < -0.4 is 4.74 Å². The molecular formula is C13H15FN4O2. The Morgan fingerprint density at radius 3 is 2.65 bits per heavy atom. The van der Waals surface area contributed by atoms with Crippen LogP contribution >= 0.6 is 0 Å². The van der Waals surface area contributed by atoms with E-state index in [1.165, 1.54) is 13.1 Å². The molecule has 2 aromatic rings. The van der Waals surface area contributed by atoms with Crippen LogP contribution in [-0.4, -0.2) is 25.5 Å². The zero-order valence-corrected chi connectivity index (χ0v) is 11.7. The van der Waals surface area contributed by atoms with Crippen LogP contribution in [0.5, 0.6) is 6.01 Å². The average molecular weight is 278 g/mol. The molecule has 0 radical (unpaired) electrons. The van der Waals surface area contributed by atoms with Crippen molar-refractivity contribution in [3.8, 4) is 17.4 Å². The SMILES string of the molecule is CC(=O)Oc1ncc(F)c(-c2cnc(C)n2C(C)C)n1. The third-order valence-corrected chi connectivity index (χ3v) is 2.70. The highest BCUT2D eigenvalue weighted by Gasteiger charge is 2.18. The molecule has 0 fully saturated rings. The van der Waals surface area contributed by atoms with Crippen LogP contribution in [0.4, 0.5) is 4.39 Å². The lowest BCUT2D eigenvalue weighted by Crippen LogP contribution is -2.09.